The summed E-state index contributed by atoms with van der Waals surface area (Å²) in [5, 5.41) is 21.0. The number of halogens is 2. The summed E-state index contributed by atoms with van der Waals surface area (Å²) < 4.78 is 0. The van der Waals surface area contributed by atoms with Crippen molar-refractivity contribution in [2.24, 2.45) is 11.8 Å². The second-order valence-electron chi connectivity index (χ2n) is 5.90. The van der Waals surface area contributed by atoms with Crippen molar-refractivity contribution in [2.75, 3.05) is 5.32 Å². The number of benzene rings is 1. The molecule has 126 valence electrons. The van der Waals surface area contributed by atoms with Crippen LogP contribution in [0.1, 0.15) is 16.8 Å². The Morgan fingerprint density at radius 3 is 2.04 bits per heavy atom. The lowest BCUT2D eigenvalue weighted by Crippen LogP contribution is -2.60. The van der Waals surface area contributed by atoms with Crippen LogP contribution in [0, 0.1) is 11.8 Å². The van der Waals surface area contributed by atoms with Gasteiger partial charge in [-0.05, 0) is 30.7 Å². The van der Waals surface area contributed by atoms with Gasteiger partial charge in [-0.15, -0.1) is 23.2 Å². The SMILES string of the molecule is O=C(O)c1ccc(NC(=O)C2(Cl)C3C=CC(C3)C2(Cl)C(=O)O)cc1. The normalized spacial score (nSPS) is 33.4. The first-order chi connectivity index (χ1) is 11.2. The molecule has 0 radical (unpaired) electrons. The van der Waals surface area contributed by atoms with E-state index in [9.17, 15) is 19.5 Å². The van der Waals surface area contributed by atoms with E-state index in [1.807, 2.05) is 0 Å². The van der Waals surface area contributed by atoms with Gasteiger partial charge < -0.3 is 15.5 Å². The van der Waals surface area contributed by atoms with E-state index in [4.69, 9.17) is 28.3 Å². The van der Waals surface area contributed by atoms with E-state index in [0.29, 0.717) is 12.1 Å². The molecule has 1 fully saturated rings. The van der Waals surface area contributed by atoms with Crippen molar-refractivity contribution < 1.29 is 24.6 Å². The molecule has 2 bridgehead atoms. The van der Waals surface area contributed by atoms with Crippen LogP contribution in [0.3, 0.4) is 0 Å². The summed E-state index contributed by atoms with van der Waals surface area (Å²) in [5.74, 6) is -4.17. The maximum atomic E-state index is 12.7. The molecule has 8 heteroatoms. The average molecular weight is 370 g/mol. The monoisotopic (exact) mass is 369 g/mol. The lowest BCUT2D eigenvalue weighted by Gasteiger charge is -2.38. The van der Waals surface area contributed by atoms with Gasteiger partial charge in [-0.2, -0.15) is 0 Å². The zero-order valence-corrected chi connectivity index (χ0v) is 13.7. The van der Waals surface area contributed by atoms with E-state index in [1.54, 1.807) is 12.2 Å². The number of fused-ring (bicyclic) bond motifs is 2. The van der Waals surface area contributed by atoms with Gasteiger partial charge in [0, 0.05) is 17.5 Å². The number of carboxylic acid groups (broad SMARTS) is 2. The Kier molecular flexibility index (Phi) is 3.85. The number of aliphatic carboxylic acids is 1. The highest BCUT2D eigenvalue weighted by Crippen LogP contribution is 2.60. The van der Waals surface area contributed by atoms with Crippen LogP contribution in [0.5, 0.6) is 0 Å². The van der Waals surface area contributed by atoms with Gasteiger partial charge in [0.2, 0.25) is 5.91 Å². The lowest BCUT2D eigenvalue weighted by molar-refractivity contribution is -0.143. The standard InChI is InChI=1S/C16H13Cl2NO5/c17-15(9-3-4-10(7-9)16(15,18)14(23)24)13(22)19-11-5-1-8(2-6-11)12(20)21/h1-6,9-10H,7H2,(H,19,22)(H,20,21)(H,23,24). The van der Waals surface area contributed by atoms with E-state index >= 15 is 0 Å². The number of rotatable bonds is 4. The highest BCUT2D eigenvalue weighted by Gasteiger charge is 2.72. The first-order valence-electron chi connectivity index (χ1n) is 7.15. The Balaban J connectivity index is 1.90. The summed E-state index contributed by atoms with van der Waals surface area (Å²) in [6, 6.07) is 5.46. The van der Waals surface area contributed by atoms with Crippen molar-refractivity contribution in [1.82, 2.24) is 0 Å². The molecule has 1 aromatic carbocycles. The fourth-order valence-corrected chi connectivity index (χ4v) is 4.21. The van der Waals surface area contributed by atoms with Crippen molar-refractivity contribution in [2.45, 2.75) is 16.2 Å². The molecule has 2 aliphatic rings. The molecule has 0 saturated heterocycles. The van der Waals surface area contributed by atoms with E-state index in [1.165, 1.54) is 24.3 Å². The van der Waals surface area contributed by atoms with Gasteiger partial charge in [-0.25, -0.2) is 4.79 Å². The van der Waals surface area contributed by atoms with Crippen LogP contribution in [0.25, 0.3) is 0 Å². The predicted octanol–water partition coefficient (Wildman–Crippen LogP) is 2.57. The molecule has 6 nitrogen and oxygen atoms in total. The Morgan fingerprint density at radius 1 is 1.00 bits per heavy atom. The van der Waals surface area contributed by atoms with E-state index in [2.05, 4.69) is 5.32 Å². The van der Waals surface area contributed by atoms with Crippen molar-refractivity contribution in [3.05, 3.63) is 42.0 Å². The van der Waals surface area contributed by atoms with Crippen LogP contribution in [0.15, 0.2) is 36.4 Å². The zero-order valence-electron chi connectivity index (χ0n) is 12.2. The van der Waals surface area contributed by atoms with E-state index in [0.717, 1.165) is 0 Å². The van der Waals surface area contributed by atoms with E-state index < -0.39 is 39.4 Å². The van der Waals surface area contributed by atoms with Gasteiger partial charge in [-0.3, -0.25) is 9.59 Å². The largest absolute Gasteiger partial charge is 0.480 e. The molecule has 24 heavy (non-hydrogen) atoms. The maximum Gasteiger partial charge on any atom is 0.335 e. The van der Waals surface area contributed by atoms with Crippen LogP contribution < -0.4 is 5.32 Å². The molecule has 0 heterocycles. The smallest absolute Gasteiger partial charge is 0.335 e. The first-order valence-corrected chi connectivity index (χ1v) is 7.91. The molecule has 0 spiro atoms. The number of anilines is 1. The molecule has 1 aromatic rings. The van der Waals surface area contributed by atoms with Crippen molar-refractivity contribution >= 4 is 46.7 Å². The first kappa shape index (κ1) is 16.8. The number of hydrogen-bond donors (Lipinski definition) is 3. The molecule has 1 saturated carbocycles. The number of hydrogen-bond acceptors (Lipinski definition) is 3. The number of alkyl halides is 2. The summed E-state index contributed by atoms with van der Waals surface area (Å²) in [6.45, 7) is 0. The predicted molar refractivity (Wildman–Crippen MR) is 87.6 cm³/mol. The summed E-state index contributed by atoms with van der Waals surface area (Å²) in [7, 11) is 0. The third-order valence-electron chi connectivity index (χ3n) is 4.67. The molecule has 1 amide bonds. The highest BCUT2D eigenvalue weighted by molar-refractivity contribution is 6.50. The van der Waals surface area contributed by atoms with Gasteiger partial charge in [0.1, 0.15) is 0 Å². The van der Waals surface area contributed by atoms with Crippen LogP contribution in [-0.4, -0.2) is 37.8 Å². The van der Waals surface area contributed by atoms with Crippen LogP contribution in [-0.2, 0) is 9.59 Å². The van der Waals surface area contributed by atoms with Crippen LogP contribution in [0.2, 0.25) is 0 Å². The Hall–Kier alpha value is -2.05. The second kappa shape index (κ2) is 5.50. The van der Waals surface area contributed by atoms with E-state index in [-0.39, 0.29) is 5.56 Å². The van der Waals surface area contributed by atoms with Crippen molar-refractivity contribution in [1.29, 1.82) is 0 Å². The summed E-state index contributed by atoms with van der Waals surface area (Å²) in [5.41, 5.74) is 0.370. The number of aromatic carboxylic acids is 1. The molecular weight excluding hydrogens is 357 g/mol. The Morgan fingerprint density at radius 2 is 1.54 bits per heavy atom. The molecule has 3 rings (SSSR count). The number of carboxylic acids is 2. The number of carbonyl (C=O) groups excluding carboxylic acids is 1. The minimum absolute atomic E-state index is 0.0636. The molecule has 3 N–H and O–H groups in total. The van der Waals surface area contributed by atoms with Gasteiger partial charge in [0.15, 0.2) is 9.75 Å². The maximum absolute atomic E-state index is 12.7. The van der Waals surface area contributed by atoms with Crippen molar-refractivity contribution in [3.8, 4) is 0 Å². The highest BCUT2D eigenvalue weighted by atomic mass is 35.5. The van der Waals surface area contributed by atoms with Crippen LogP contribution >= 0.6 is 23.2 Å². The third-order valence-corrected chi connectivity index (χ3v) is 6.25. The van der Waals surface area contributed by atoms with Gasteiger partial charge in [-0.1, -0.05) is 12.2 Å². The molecule has 0 aromatic heterocycles. The van der Waals surface area contributed by atoms with Gasteiger partial charge in [0.05, 0.1) is 5.56 Å². The quantitative estimate of drug-likeness (QED) is 0.558. The fraction of sp³-hybridized carbons (Fsp3) is 0.312. The van der Waals surface area contributed by atoms with Crippen molar-refractivity contribution in [3.63, 3.8) is 0 Å². The van der Waals surface area contributed by atoms with Crippen LogP contribution in [0.4, 0.5) is 5.69 Å². The third kappa shape index (κ3) is 2.13. The summed E-state index contributed by atoms with van der Waals surface area (Å²) >= 11 is 12.8. The minimum atomic E-state index is -1.93. The van der Waals surface area contributed by atoms with Gasteiger partial charge in [0.25, 0.3) is 0 Å². The minimum Gasteiger partial charge on any atom is -0.480 e. The molecule has 4 atom stereocenters. The lowest BCUT2D eigenvalue weighted by atomic mass is 9.80. The molecular formula is C16H13Cl2NO5. The molecule has 4 unspecified atom stereocenters. The summed E-state index contributed by atoms with van der Waals surface area (Å²) in [4.78, 5) is 31.5. The Bertz CT molecular complexity index is 762. The number of allylic oxidation sites excluding steroid dienone is 2. The molecule has 2 aliphatic carbocycles. The zero-order chi connectivity index (χ0) is 17.7. The molecule has 0 aliphatic heterocycles. The van der Waals surface area contributed by atoms with Gasteiger partial charge >= 0.3 is 11.9 Å². The summed E-state index contributed by atoms with van der Waals surface area (Å²) in [6.07, 6.45) is 3.79. The number of nitrogens with one attached hydrogen (secondary N) is 1. The second-order valence-corrected chi connectivity index (χ2v) is 7.09. The topological polar surface area (TPSA) is 104 Å². The number of carbonyl (C=O) groups is 3. The number of amides is 1. The fourth-order valence-electron chi connectivity index (χ4n) is 3.39. The average Bonchev–Trinajstić information content (AvgIpc) is 3.10. The Labute approximate surface area is 147 Å².